The lowest BCUT2D eigenvalue weighted by molar-refractivity contribution is 0.100. The van der Waals surface area contributed by atoms with Gasteiger partial charge in [0.15, 0.2) is 0 Å². The SMILES string of the molecule is CC1(CC2Cc3ccccc3O2)CNC1. The van der Waals surface area contributed by atoms with Crippen molar-refractivity contribution in [3.05, 3.63) is 29.8 Å². The second-order valence-corrected chi connectivity index (χ2v) is 5.17. The van der Waals surface area contributed by atoms with Crippen LogP contribution in [0.3, 0.4) is 0 Å². The van der Waals surface area contributed by atoms with Crippen LogP contribution in [0, 0.1) is 5.41 Å². The average Bonchev–Trinajstić information content (AvgIpc) is 2.57. The summed E-state index contributed by atoms with van der Waals surface area (Å²) >= 11 is 0. The van der Waals surface area contributed by atoms with Crippen molar-refractivity contribution in [3.8, 4) is 5.75 Å². The van der Waals surface area contributed by atoms with Gasteiger partial charge in [-0.3, -0.25) is 0 Å². The van der Waals surface area contributed by atoms with Gasteiger partial charge in [-0.1, -0.05) is 25.1 Å². The topological polar surface area (TPSA) is 21.3 Å². The van der Waals surface area contributed by atoms with Crippen molar-refractivity contribution in [2.24, 2.45) is 5.41 Å². The Balaban J connectivity index is 1.68. The van der Waals surface area contributed by atoms with Gasteiger partial charge in [0, 0.05) is 19.5 Å². The fourth-order valence-corrected chi connectivity index (χ4v) is 2.61. The molecule has 1 unspecified atom stereocenters. The summed E-state index contributed by atoms with van der Waals surface area (Å²) in [6.07, 6.45) is 2.66. The fourth-order valence-electron chi connectivity index (χ4n) is 2.61. The molecule has 2 heteroatoms. The lowest BCUT2D eigenvalue weighted by Gasteiger charge is -2.40. The molecule has 0 bridgehead atoms. The Hall–Kier alpha value is -1.02. The number of fused-ring (bicyclic) bond motifs is 1. The van der Waals surface area contributed by atoms with Gasteiger partial charge in [0.1, 0.15) is 11.9 Å². The summed E-state index contributed by atoms with van der Waals surface area (Å²) < 4.78 is 5.95. The molecule has 2 aliphatic rings. The van der Waals surface area contributed by atoms with Crippen molar-refractivity contribution >= 4 is 0 Å². The van der Waals surface area contributed by atoms with Gasteiger partial charge in [0.25, 0.3) is 0 Å². The molecule has 1 aromatic rings. The predicted octanol–water partition coefficient (Wildman–Crippen LogP) is 1.99. The third-order valence-corrected chi connectivity index (χ3v) is 3.54. The maximum absolute atomic E-state index is 5.95. The van der Waals surface area contributed by atoms with Crippen LogP contribution in [-0.2, 0) is 6.42 Å². The van der Waals surface area contributed by atoms with Gasteiger partial charge in [-0.25, -0.2) is 0 Å². The van der Waals surface area contributed by atoms with Crippen LogP contribution in [0.5, 0.6) is 5.75 Å². The molecule has 2 aliphatic heterocycles. The Bertz CT molecular complexity index is 346. The highest BCUT2D eigenvalue weighted by Gasteiger charge is 2.36. The van der Waals surface area contributed by atoms with Gasteiger partial charge >= 0.3 is 0 Å². The van der Waals surface area contributed by atoms with E-state index >= 15 is 0 Å². The summed E-state index contributed by atoms with van der Waals surface area (Å²) in [5.41, 5.74) is 1.84. The molecule has 0 radical (unpaired) electrons. The van der Waals surface area contributed by atoms with Crippen LogP contribution >= 0.6 is 0 Å². The Kier molecular flexibility index (Phi) is 1.99. The molecule has 0 aliphatic carbocycles. The summed E-state index contributed by atoms with van der Waals surface area (Å²) in [6.45, 7) is 4.63. The Morgan fingerprint density at radius 2 is 2.20 bits per heavy atom. The first-order chi connectivity index (χ1) is 7.25. The minimum Gasteiger partial charge on any atom is -0.490 e. The summed E-state index contributed by atoms with van der Waals surface area (Å²) in [4.78, 5) is 0. The van der Waals surface area contributed by atoms with E-state index in [1.807, 2.05) is 6.07 Å². The molecule has 2 heterocycles. The first kappa shape index (κ1) is 9.22. The van der Waals surface area contributed by atoms with E-state index in [2.05, 4.69) is 30.4 Å². The standard InChI is InChI=1S/C13H17NO/c1-13(8-14-9-13)7-11-6-10-4-2-3-5-12(10)15-11/h2-5,11,14H,6-9H2,1H3. The quantitative estimate of drug-likeness (QED) is 0.793. The van der Waals surface area contributed by atoms with Gasteiger partial charge in [-0.05, 0) is 23.5 Å². The monoisotopic (exact) mass is 203 g/mol. The summed E-state index contributed by atoms with van der Waals surface area (Å²) in [6, 6.07) is 8.40. The number of benzene rings is 1. The Morgan fingerprint density at radius 3 is 2.87 bits per heavy atom. The zero-order chi connectivity index (χ0) is 10.3. The largest absolute Gasteiger partial charge is 0.490 e. The van der Waals surface area contributed by atoms with E-state index in [1.165, 1.54) is 12.0 Å². The molecule has 1 N–H and O–H groups in total. The number of nitrogens with one attached hydrogen (secondary N) is 1. The van der Waals surface area contributed by atoms with E-state index in [0.717, 1.165) is 25.3 Å². The fraction of sp³-hybridized carbons (Fsp3) is 0.538. The molecule has 1 saturated heterocycles. The van der Waals surface area contributed by atoms with Crippen molar-refractivity contribution in [3.63, 3.8) is 0 Å². The van der Waals surface area contributed by atoms with Crippen LogP contribution in [0.1, 0.15) is 18.9 Å². The maximum Gasteiger partial charge on any atom is 0.123 e. The van der Waals surface area contributed by atoms with Gasteiger partial charge in [-0.15, -0.1) is 0 Å². The number of hydrogen-bond donors (Lipinski definition) is 1. The van der Waals surface area contributed by atoms with Crippen LogP contribution in [0.25, 0.3) is 0 Å². The van der Waals surface area contributed by atoms with Crippen molar-refractivity contribution in [1.82, 2.24) is 5.32 Å². The second-order valence-electron chi connectivity index (χ2n) is 5.17. The minimum atomic E-state index is 0.398. The maximum atomic E-state index is 5.95. The molecule has 3 rings (SSSR count). The molecule has 2 nitrogen and oxygen atoms in total. The molecule has 0 amide bonds. The third-order valence-electron chi connectivity index (χ3n) is 3.54. The van der Waals surface area contributed by atoms with Gasteiger partial charge in [-0.2, -0.15) is 0 Å². The predicted molar refractivity (Wildman–Crippen MR) is 60.2 cm³/mol. The van der Waals surface area contributed by atoms with E-state index in [9.17, 15) is 0 Å². The van der Waals surface area contributed by atoms with Gasteiger partial charge < -0.3 is 10.1 Å². The molecule has 15 heavy (non-hydrogen) atoms. The van der Waals surface area contributed by atoms with E-state index in [4.69, 9.17) is 4.74 Å². The molecule has 1 atom stereocenters. The number of rotatable bonds is 2. The summed E-state index contributed by atoms with van der Waals surface area (Å²) in [5.74, 6) is 1.10. The molecule has 80 valence electrons. The van der Waals surface area contributed by atoms with Crippen LogP contribution in [0.4, 0.5) is 0 Å². The Labute approximate surface area is 90.6 Å². The van der Waals surface area contributed by atoms with Crippen LogP contribution in [0.2, 0.25) is 0 Å². The van der Waals surface area contributed by atoms with Gasteiger partial charge in [0.2, 0.25) is 0 Å². The molecule has 1 aromatic carbocycles. The zero-order valence-corrected chi connectivity index (χ0v) is 9.12. The molecular weight excluding hydrogens is 186 g/mol. The molecule has 0 spiro atoms. The van der Waals surface area contributed by atoms with E-state index in [1.54, 1.807) is 0 Å². The van der Waals surface area contributed by atoms with Crippen molar-refractivity contribution in [2.75, 3.05) is 13.1 Å². The lowest BCUT2D eigenvalue weighted by atomic mass is 9.78. The smallest absolute Gasteiger partial charge is 0.123 e. The third kappa shape index (κ3) is 1.63. The normalized spacial score (nSPS) is 26.6. The highest BCUT2D eigenvalue weighted by atomic mass is 16.5. The van der Waals surface area contributed by atoms with Crippen molar-refractivity contribution in [2.45, 2.75) is 25.9 Å². The second kappa shape index (κ2) is 3.24. The highest BCUT2D eigenvalue weighted by molar-refractivity contribution is 5.37. The van der Waals surface area contributed by atoms with Gasteiger partial charge in [0.05, 0.1) is 0 Å². The van der Waals surface area contributed by atoms with Crippen molar-refractivity contribution in [1.29, 1.82) is 0 Å². The van der Waals surface area contributed by atoms with E-state index < -0.39 is 0 Å². The van der Waals surface area contributed by atoms with E-state index in [0.29, 0.717) is 11.5 Å². The molecule has 0 aromatic heterocycles. The van der Waals surface area contributed by atoms with Crippen LogP contribution < -0.4 is 10.1 Å². The first-order valence-corrected chi connectivity index (χ1v) is 5.70. The first-order valence-electron chi connectivity index (χ1n) is 5.70. The Morgan fingerprint density at radius 1 is 1.40 bits per heavy atom. The highest BCUT2D eigenvalue weighted by Crippen LogP contribution is 2.35. The summed E-state index contributed by atoms with van der Waals surface area (Å²) in [7, 11) is 0. The number of hydrogen-bond acceptors (Lipinski definition) is 2. The molecular formula is C13H17NO. The van der Waals surface area contributed by atoms with Crippen LogP contribution in [0.15, 0.2) is 24.3 Å². The summed E-state index contributed by atoms with van der Waals surface area (Å²) in [5, 5.41) is 3.34. The van der Waals surface area contributed by atoms with Crippen molar-refractivity contribution < 1.29 is 4.74 Å². The lowest BCUT2D eigenvalue weighted by Crippen LogP contribution is -2.53. The average molecular weight is 203 g/mol. The zero-order valence-electron chi connectivity index (χ0n) is 9.12. The minimum absolute atomic E-state index is 0.398. The van der Waals surface area contributed by atoms with E-state index in [-0.39, 0.29) is 0 Å². The number of ether oxygens (including phenoxy) is 1. The number of para-hydroxylation sites is 1. The molecule has 1 fully saturated rings. The van der Waals surface area contributed by atoms with Crippen LogP contribution in [-0.4, -0.2) is 19.2 Å². The molecule has 0 saturated carbocycles.